The van der Waals surface area contributed by atoms with E-state index in [1.165, 1.54) is 0 Å². The van der Waals surface area contributed by atoms with Crippen LogP contribution in [0.5, 0.6) is 0 Å². The number of carbonyl (C=O) groups excluding carboxylic acids is 1. The van der Waals surface area contributed by atoms with Gasteiger partial charge in [-0.2, -0.15) is 0 Å². The van der Waals surface area contributed by atoms with Gasteiger partial charge in [-0.15, -0.1) is 0 Å². The topological polar surface area (TPSA) is 55.1 Å². The Balaban J connectivity index is 2.01. The number of amides is 1. The summed E-state index contributed by atoms with van der Waals surface area (Å²) in [4.78, 5) is 11.4. The van der Waals surface area contributed by atoms with Crippen LogP contribution in [0.4, 0.5) is 0 Å². The van der Waals surface area contributed by atoms with Crippen LogP contribution in [0.25, 0.3) is 0 Å². The molecule has 0 bridgehead atoms. The van der Waals surface area contributed by atoms with E-state index < -0.39 is 0 Å². The molecule has 70 valence electrons. The molecule has 0 radical (unpaired) electrons. The van der Waals surface area contributed by atoms with Crippen LogP contribution in [0.3, 0.4) is 0 Å². The van der Waals surface area contributed by atoms with Gasteiger partial charge in [0.1, 0.15) is 0 Å². The van der Waals surface area contributed by atoms with Crippen molar-refractivity contribution in [1.29, 1.82) is 0 Å². The summed E-state index contributed by atoms with van der Waals surface area (Å²) in [5.41, 5.74) is 0.820. The predicted octanol–water partition coefficient (Wildman–Crippen LogP) is 1.13. The largest absolute Gasteiger partial charge is 0.351 e. The molecule has 1 aliphatic rings. The summed E-state index contributed by atoms with van der Waals surface area (Å²) in [6, 6.07) is 2.06. The number of aryl methyl sites for hydroxylation is 1. The summed E-state index contributed by atoms with van der Waals surface area (Å²) in [7, 11) is 0. The second kappa shape index (κ2) is 3.20. The molecule has 0 saturated heterocycles. The lowest BCUT2D eigenvalue weighted by molar-refractivity contribution is 0.0914. The van der Waals surface area contributed by atoms with Gasteiger partial charge in [-0.1, -0.05) is 12.1 Å². The van der Waals surface area contributed by atoms with Crippen molar-refractivity contribution < 1.29 is 9.32 Å². The quantitative estimate of drug-likeness (QED) is 0.758. The molecule has 0 aromatic carbocycles. The van der Waals surface area contributed by atoms with Crippen molar-refractivity contribution >= 4 is 5.91 Å². The number of nitrogens with one attached hydrogen (secondary N) is 1. The summed E-state index contributed by atoms with van der Waals surface area (Å²) < 4.78 is 4.88. The molecule has 1 heterocycles. The molecule has 1 aromatic heterocycles. The van der Waals surface area contributed by atoms with E-state index in [1.54, 1.807) is 6.07 Å². The third-order valence-electron chi connectivity index (χ3n) is 2.06. The molecule has 0 atom stereocenters. The highest BCUT2D eigenvalue weighted by molar-refractivity contribution is 5.91. The normalized spacial score (nSPS) is 15.8. The van der Waals surface area contributed by atoms with Crippen LogP contribution in [0.1, 0.15) is 36.0 Å². The van der Waals surface area contributed by atoms with Crippen molar-refractivity contribution in [1.82, 2.24) is 10.5 Å². The molecular formula is C9H12N2O2. The van der Waals surface area contributed by atoms with Crippen molar-refractivity contribution in [3.63, 3.8) is 0 Å². The van der Waals surface area contributed by atoms with E-state index in [-0.39, 0.29) is 5.91 Å². The lowest BCUT2D eigenvalue weighted by Gasteiger charge is -1.96. The van der Waals surface area contributed by atoms with Gasteiger partial charge in [0.2, 0.25) is 5.76 Å². The summed E-state index contributed by atoms with van der Waals surface area (Å²) in [5, 5.41) is 6.58. The number of aromatic nitrogens is 1. The highest BCUT2D eigenvalue weighted by Crippen LogP contribution is 2.19. The van der Waals surface area contributed by atoms with E-state index in [4.69, 9.17) is 4.52 Å². The first kappa shape index (κ1) is 8.29. The molecule has 1 aliphatic carbocycles. The summed E-state index contributed by atoms with van der Waals surface area (Å²) in [6.45, 7) is 1.97. The minimum atomic E-state index is -0.144. The maximum atomic E-state index is 11.4. The average molecular weight is 180 g/mol. The Morgan fingerprint density at radius 3 is 3.08 bits per heavy atom. The Kier molecular flexibility index (Phi) is 2.04. The first-order valence-electron chi connectivity index (χ1n) is 4.56. The Morgan fingerprint density at radius 2 is 2.54 bits per heavy atom. The average Bonchev–Trinajstić information content (AvgIpc) is 2.82. The number of hydrogen-bond donors (Lipinski definition) is 1. The predicted molar refractivity (Wildman–Crippen MR) is 46.4 cm³/mol. The monoisotopic (exact) mass is 180 g/mol. The van der Waals surface area contributed by atoms with Gasteiger partial charge in [-0.3, -0.25) is 4.79 Å². The molecule has 1 N–H and O–H groups in total. The molecule has 2 rings (SSSR count). The molecule has 4 heteroatoms. The maximum Gasteiger partial charge on any atom is 0.290 e. The highest BCUT2D eigenvalue weighted by atomic mass is 16.5. The van der Waals surface area contributed by atoms with Gasteiger partial charge in [0, 0.05) is 12.1 Å². The van der Waals surface area contributed by atoms with Crippen molar-refractivity contribution in [3.05, 3.63) is 17.5 Å². The summed E-state index contributed by atoms with van der Waals surface area (Å²) >= 11 is 0. The van der Waals surface area contributed by atoms with Crippen LogP contribution in [0, 0.1) is 0 Å². The van der Waals surface area contributed by atoms with Gasteiger partial charge < -0.3 is 9.84 Å². The molecular weight excluding hydrogens is 168 g/mol. The first-order chi connectivity index (χ1) is 6.29. The SMILES string of the molecule is CCc1cc(C(=O)NC2CC2)on1. The maximum absolute atomic E-state index is 11.4. The fourth-order valence-electron chi connectivity index (χ4n) is 1.07. The Morgan fingerprint density at radius 1 is 1.77 bits per heavy atom. The zero-order chi connectivity index (χ0) is 9.26. The third-order valence-corrected chi connectivity index (χ3v) is 2.06. The molecule has 4 nitrogen and oxygen atoms in total. The fourth-order valence-corrected chi connectivity index (χ4v) is 1.07. The van der Waals surface area contributed by atoms with Gasteiger partial charge in [0.05, 0.1) is 5.69 Å². The number of nitrogens with zero attached hydrogens (tertiary/aromatic N) is 1. The van der Waals surface area contributed by atoms with Crippen molar-refractivity contribution in [2.75, 3.05) is 0 Å². The highest BCUT2D eigenvalue weighted by Gasteiger charge is 2.25. The van der Waals surface area contributed by atoms with Crippen molar-refractivity contribution in [2.24, 2.45) is 0 Å². The smallest absolute Gasteiger partial charge is 0.290 e. The zero-order valence-electron chi connectivity index (χ0n) is 7.54. The second-order valence-electron chi connectivity index (χ2n) is 3.28. The fraction of sp³-hybridized carbons (Fsp3) is 0.556. The molecule has 0 unspecified atom stereocenters. The van der Waals surface area contributed by atoms with E-state index in [1.807, 2.05) is 6.92 Å². The summed E-state index contributed by atoms with van der Waals surface area (Å²) in [6.07, 6.45) is 2.96. The molecule has 13 heavy (non-hydrogen) atoms. The van der Waals surface area contributed by atoms with Crippen molar-refractivity contribution in [2.45, 2.75) is 32.2 Å². The van der Waals surface area contributed by atoms with E-state index in [0.717, 1.165) is 25.0 Å². The minimum Gasteiger partial charge on any atom is -0.351 e. The molecule has 1 fully saturated rings. The number of hydrogen-bond acceptors (Lipinski definition) is 3. The Labute approximate surface area is 76.3 Å². The number of rotatable bonds is 3. The molecule has 0 aliphatic heterocycles. The van der Waals surface area contributed by atoms with Crippen LogP contribution in [-0.2, 0) is 6.42 Å². The zero-order valence-corrected chi connectivity index (χ0v) is 7.54. The summed E-state index contributed by atoms with van der Waals surface area (Å²) in [5.74, 6) is 0.179. The standard InChI is InChI=1S/C9H12N2O2/c1-2-6-5-8(13-11-6)9(12)10-7-3-4-7/h5,7H,2-4H2,1H3,(H,10,12). The van der Waals surface area contributed by atoms with Crippen LogP contribution >= 0.6 is 0 Å². The van der Waals surface area contributed by atoms with Gasteiger partial charge in [-0.05, 0) is 19.3 Å². The van der Waals surface area contributed by atoms with Crippen LogP contribution < -0.4 is 5.32 Å². The van der Waals surface area contributed by atoms with Crippen molar-refractivity contribution in [3.8, 4) is 0 Å². The lowest BCUT2D eigenvalue weighted by Crippen LogP contribution is -2.24. The second-order valence-corrected chi connectivity index (χ2v) is 3.28. The van der Waals surface area contributed by atoms with E-state index in [9.17, 15) is 4.79 Å². The molecule has 1 amide bonds. The Bertz CT molecular complexity index is 315. The van der Waals surface area contributed by atoms with E-state index in [2.05, 4.69) is 10.5 Å². The molecule has 0 spiro atoms. The lowest BCUT2D eigenvalue weighted by atomic mass is 10.3. The molecule has 1 saturated carbocycles. The van der Waals surface area contributed by atoms with Crippen LogP contribution in [0.2, 0.25) is 0 Å². The number of carbonyl (C=O) groups is 1. The minimum absolute atomic E-state index is 0.144. The van der Waals surface area contributed by atoms with E-state index >= 15 is 0 Å². The van der Waals surface area contributed by atoms with Crippen LogP contribution in [-0.4, -0.2) is 17.1 Å². The first-order valence-corrected chi connectivity index (χ1v) is 4.56. The van der Waals surface area contributed by atoms with Gasteiger partial charge in [0.25, 0.3) is 5.91 Å². The van der Waals surface area contributed by atoms with Gasteiger partial charge in [-0.25, -0.2) is 0 Å². The third kappa shape index (κ3) is 1.88. The van der Waals surface area contributed by atoms with Gasteiger partial charge in [0.15, 0.2) is 0 Å². The van der Waals surface area contributed by atoms with Crippen LogP contribution in [0.15, 0.2) is 10.6 Å². The van der Waals surface area contributed by atoms with Gasteiger partial charge >= 0.3 is 0 Å². The van der Waals surface area contributed by atoms with E-state index in [0.29, 0.717) is 11.8 Å². The molecule has 1 aromatic rings. The Hall–Kier alpha value is -1.32.